The van der Waals surface area contributed by atoms with Gasteiger partial charge in [-0.25, -0.2) is 9.18 Å². The van der Waals surface area contributed by atoms with Crippen molar-refractivity contribution in [1.29, 1.82) is 0 Å². The molecule has 0 saturated carbocycles. The molecule has 6 heteroatoms. The first-order valence-electron chi connectivity index (χ1n) is 6.94. The first-order chi connectivity index (χ1) is 11.0. The van der Waals surface area contributed by atoms with Gasteiger partial charge < -0.3 is 10.5 Å². The lowest BCUT2D eigenvalue weighted by Crippen LogP contribution is -2.30. The molecule has 0 aliphatic carbocycles. The van der Waals surface area contributed by atoms with Crippen LogP contribution < -0.4 is 5.73 Å². The number of carbonyl (C=O) groups is 2. The van der Waals surface area contributed by atoms with Crippen LogP contribution in [0.2, 0.25) is 0 Å². The highest BCUT2D eigenvalue weighted by atomic mass is 32.2. The summed E-state index contributed by atoms with van der Waals surface area (Å²) >= 11 is 1.32. The van der Waals surface area contributed by atoms with Crippen LogP contribution in [0.25, 0.3) is 0 Å². The molecule has 2 aromatic rings. The second-order valence-electron chi connectivity index (χ2n) is 4.83. The Balaban J connectivity index is 2.13. The highest BCUT2D eigenvalue weighted by molar-refractivity contribution is 7.98. The van der Waals surface area contributed by atoms with Gasteiger partial charge in [-0.3, -0.25) is 4.79 Å². The van der Waals surface area contributed by atoms with Gasteiger partial charge in [0.15, 0.2) is 6.10 Å². The van der Waals surface area contributed by atoms with E-state index < -0.39 is 18.0 Å². The second-order valence-corrected chi connectivity index (χ2v) is 5.84. The minimum Gasteiger partial charge on any atom is -0.449 e. The van der Waals surface area contributed by atoms with Crippen molar-refractivity contribution in [2.24, 2.45) is 5.73 Å². The van der Waals surface area contributed by atoms with E-state index in [2.05, 4.69) is 0 Å². The summed E-state index contributed by atoms with van der Waals surface area (Å²) in [5.41, 5.74) is 5.96. The molecule has 0 aliphatic heterocycles. The monoisotopic (exact) mass is 333 g/mol. The molecule has 0 fully saturated rings. The maximum atomic E-state index is 13.7. The Kier molecular flexibility index (Phi) is 5.76. The summed E-state index contributed by atoms with van der Waals surface area (Å²) in [6.45, 7) is 1.41. The fourth-order valence-corrected chi connectivity index (χ4v) is 2.84. The maximum Gasteiger partial charge on any atom is 0.340 e. The van der Waals surface area contributed by atoms with Crippen molar-refractivity contribution in [3.8, 4) is 0 Å². The molecule has 0 bridgehead atoms. The summed E-state index contributed by atoms with van der Waals surface area (Å²) in [6, 6.07) is 13.3. The van der Waals surface area contributed by atoms with Gasteiger partial charge in [0.25, 0.3) is 5.91 Å². The van der Waals surface area contributed by atoms with Crippen LogP contribution in [0, 0.1) is 5.82 Å². The number of rotatable bonds is 6. The molecule has 120 valence electrons. The Morgan fingerprint density at radius 2 is 1.83 bits per heavy atom. The number of halogens is 1. The van der Waals surface area contributed by atoms with Crippen LogP contribution >= 0.6 is 11.8 Å². The molecule has 2 aromatic carbocycles. The number of esters is 1. The zero-order chi connectivity index (χ0) is 16.8. The van der Waals surface area contributed by atoms with E-state index in [0.717, 1.165) is 0 Å². The van der Waals surface area contributed by atoms with Crippen LogP contribution in [0.4, 0.5) is 4.39 Å². The van der Waals surface area contributed by atoms with Gasteiger partial charge in [0.05, 0.1) is 5.56 Å². The second kappa shape index (κ2) is 7.78. The van der Waals surface area contributed by atoms with E-state index in [1.54, 1.807) is 42.5 Å². The van der Waals surface area contributed by atoms with Gasteiger partial charge in [0.2, 0.25) is 0 Å². The van der Waals surface area contributed by atoms with Crippen molar-refractivity contribution < 1.29 is 18.7 Å². The Morgan fingerprint density at radius 1 is 1.17 bits per heavy atom. The van der Waals surface area contributed by atoms with Gasteiger partial charge in [0, 0.05) is 10.6 Å². The SMILES string of the molecule is C[C@H](OC(=O)c1ccccc1SCc1ccccc1F)C(N)=O. The molecular formula is C17H16FNO3S. The topological polar surface area (TPSA) is 69.4 Å². The van der Waals surface area contributed by atoms with Crippen molar-refractivity contribution in [2.75, 3.05) is 0 Å². The fraction of sp³-hybridized carbons (Fsp3) is 0.176. The number of primary amides is 1. The minimum absolute atomic E-state index is 0.289. The molecule has 0 unspecified atom stereocenters. The largest absolute Gasteiger partial charge is 0.449 e. The average Bonchev–Trinajstić information content (AvgIpc) is 2.54. The van der Waals surface area contributed by atoms with E-state index in [1.807, 2.05) is 0 Å². The van der Waals surface area contributed by atoms with Crippen LogP contribution in [0.1, 0.15) is 22.8 Å². The quantitative estimate of drug-likeness (QED) is 0.651. The molecule has 2 N–H and O–H groups in total. The van der Waals surface area contributed by atoms with E-state index in [9.17, 15) is 14.0 Å². The molecule has 2 rings (SSSR count). The first-order valence-corrected chi connectivity index (χ1v) is 7.93. The number of amides is 1. The molecule has 1 atom stereocenters. The Bertz CT molecular complexity index is 720. The van der Waals surface area contributed by atoms with Crippen LogP contribution in [-0.2, 0) is 15.3 Å². The molecule has 0 aromatic heterocycles. The highest BCUT2D eigenvalue weighted by Gasteiger charge is 2.19. The van der Waals surface area contributed by atoms with Gasteiger partial charge in [-0.05, 0) is 30.7 Å². The predicted molar refractivity (Wildman–Crippen MR) is 86.5 cm³/mol. The average molecular weight is 333 g/mol. The molecule has 4 nitrogen and oxygen atoms in total. The van der Waals surface area contributed by atoms with Crippen molar-refractivity contribution in [1.82, 2.24) is 0 Å². The van der Waals surface area contributed by atoms with Crippen LogP contribution in [-0.4, -0.2) is 18.0 Å². The fourth-order valence-electron chi connectivity index (χ4n) is 1.81. The number of hydrogen-bond donors (Lipinski definition) is 1. The maximum absolute atomic E-state index is 13.7. The van der Waals surface area contributed by atoms with E-state index in [1.165, 1.54) is 24.8 Å². The standard InChI is InChI=1S/C17H16FNO3S/c1-11(16(19)20)22-17(21)13-7-3-5-9-15(13)23-10-12-6-2-4-8-14(12)18/h2-9,11H,10H2,1H3,(H2,19,20)/t11-/m0/s1. The number of benzene rings is 2. The number of hydrogen-bond acceptors (Lipinski definition) is 4. The van der Waals surface area contributed by atoms with Gasteiger partial charge in [-0.2, -0.15) is 0 Å². The summed E-state index contributed by atoms with van der Waals surface area (Å²) < 4.78 is 18.7. The molecule has 0 spiro atoms. The van der Waals surface area contributed by atoms with Gasteiger partial charge in [-0.1, -0.05) is 30.3 Å². The predicted octanol–water partition coefficient (Wildman–Crippen LogP) is 3.15. The van der Waals surface area contributed by atoms with E-state index in [-0.39, 0.29) is 5.82 Å². The lowest BCUT2D eigenvalue weighted by atomic mass is 10.2. The highest BCUT2D eigenvalue weighted by Crippen LogP contribution is 2.27. The third-order valence-electron chi connectivity index (χ3n) is 3.13. The van der Waals surface area contributed by atoms with Crippen LogP contribution in [0.5, 0.6) is 0 Å². The minimum atomic E-state index is -1.01. The third kappa shape index (κ3) is 4.56. The lowest BCUT2D eigenvalue weighted by Gasteiger charge is -2.12. The van der Waals surface area contributed by atoms with E-state index >= 15 is 0 Å². The smallest absolute Gasteiger partial charge is 0.340 e. The third-order valence-corrected chi connectivity index (χ3v) is 4.25. The normalized spacial score (nSPS) is 11.7. The molecule has 1 amide bonds. The van der Waals surface area contributed by atoms with Crippen molar-refractivity contribution >= 4 is 23.6 Å². The number of carbonyl (C=O) groups excluding carboxylic acids is 2. The number of nitrogens with two attached hydrogens (primary N) is 1. The van der Waals surface area contributed by atoms with Gasteiger partial charge in [-0.15, -0.1) is 11.8 Å². The first kappa shape index (κ1) is 17.0. The van der Waals surface area contributed by atoms with E-state index in [4.69, 9.17) is 10.5 Å². The Labute approximate surface area is 137 Å². The number of ether oxygens (including phenoxy) is 1. The molecule has 0 saturated heterocycles. The van der Waals surface area contributed by atoms with Crippen LogP contribution in [0.3, 0.4) is 0 Å². The van der Waals surface area contributed by atoms with Gasteiger partial charge >= 0.3 is 5.97 Å². The van der Waals surface area contributed by atoms with Crippen molar-refractivity contribution in [2.45, 2.75) is 23.7 Å². The van der Waals surface area contributed by atoms with Crippen LogP contribution in [0.15, 0.2) is 53.4 Å². The van der Waals surface area contributed by atoms with Crippen molar-refractivity contribution in [3.05, 3.63) is 65.5 Å². The number of thioether (sulfide) groups is 1. The zero-order valence-electron chi connectivity index (χ0n) is 12.5. The summed E-state index contributed by atoms with van der Waals surface area (Å²) in [5, 5.41) is 0. The van der Waals surface area contributed by atoms with Crippen molar-refractivity contribution in [3.63, 3.8) is 0 Å². The van der Waals surface area contributed by atoms with Gasteiger partial charge in [0.1, 0.15) is 5.82 Å². The summed E-state index contributed by atoms with van der Waals surface area (Å²) in [5.74, 6) is -1.26. The van der Waals surface area contributed by atoms with E-state index in [0.29, 0.717) is 21.8 Å². The summed E-state index contributed by atoms with van der Waals surface area (Å²) in [6.07, 6.45) is -1.01. The summed E-state index contributed by atoms with van der Waals surface area (Å²) in [7, 11) is 0. The molecule has 0 radical (unpaired) electrons. The molecule has 23 heavy (non-hydrogen) atoms. The lowest BCUT2D eigenvalue weighted by molar-refractivity contribution is -0.125. The molecule has 0 heterocycles. The Hall–Kier alpha value is -2.34. The zero-order valence-corrected chi connectivity index (χ0v) is 13.3. The molecule has 0 aliphatic rings. The Morgan fingerprint density at radius 3 is 2.52 bits per heavy atom. The molecular weight excluding hydrogens is 317 g/mol. The summed E-state index contributed by atoms with van der Waals surface area (Å²) in [4.78, 5) is 23.8.